The van der Waals surface area contributed by atoms with Crippen LogP contribution in [0.2, 0.25) is 10.0 Å². The molecule has 4 aromatic carbocycles. The Kier molecular flexibility index (Phi) is 9.79. The second-order valence-electron chi connectivity index (χ2n) is 8.77. The van der Waals surface area contributed by atoms with Gasteiger partial charge in [-0.25, -0.2) is 0 Å². The lowest BCUT2D eigenvalue weighted by Gasteiger charge is -2.31. The van der Waals surface area contributed by atoms with Gasteiger partial charge >= 0.3 is 0 Å². The topological polar surface area (TPSA) is 58.6 Å². The van der Waals surface area contributed by atoms with E-state index in [4.69, 9.17) is 27.9 Å². The third kappa shape index (κ3) is 7.85. The first-order valence-electron chi connectivity index (χ1n) is 12.3. The van der Waals surface area contributed by atoms with Gasteiger partial charge in [-0.1, -0.05) is 108 Å². The number of carbonyl (C=O) groups is 2. The molecule has 0 fully saturated rings. The third-order valence-electron chi connectivity index (χ3n) is 6.04. The lowest BCUT2D eigenvalue weighted by molar-refractivity contribution is -0.142. The van der Waals surface area contributed by atoms with E-state index in [0.29, 0.717) is 22.2 Å². The predicted molar refractivity (Wildman–Crippen MR) is 151 cm³/mol. The van der Waals surface area contributed by atoms with Crippen molar-refractivity contribution in [3.05, 3.63) is 136 Å². The van der Waals surface area contributed by atoms with Gasteiger partial charge in [0, 0.05) is 29.6 Å². The summed E-state index contributed by atoms with van der Waals surface area (Å²) in [6, 6.07) is 32.7. The Labute approximate surface area is 233 Å². The second-order valence-corrected chi connectivity index (χ2v) is 9.61. The first kappa shape index (κ1) is 27.2. The van der Waals surface area contributed by atoms with Crippen molar-refractivity contribution >= 4 is 35.0 Å². The molecule has 5 nitrogen and oxygen atoms in total. The number of rotatable bonds is 11. The smallest absolute Gasteiger partial charge is 0.261 e. The molecule has 7 heteroatoms. The lowest BCUT2D eigenvalue weighted by Crippen LogP contribution is -2.51. The second kappa shape index (κ2) is 13.7. The molecule has 0 spiro atoms. The SMILES string of the molecule is O=C(NCc1ccc(Cl)cc1Cl)[C@H](Cc1ccccc1)N(Cc1ccccc1)C(=O)COc1ccccc1. The van der Waals surface area contributed by atoms with Gasteiger partial charge in [0.2, 0.25) is 5.91 Å². The highest BCUT2D eigenvalue weighted by atomic mass is 35.5. The Balaban J connectivity index is 1.60. The minimum absolute atomic E-state index is 0.196. The molecule has 0 saturated carbocycles. The van der Waals surface area contributed by atoms with Crippen molar-refractivity contribution in [3.63, 3.8) is 0 Å². The Morgan fingerprint density at radius 2 is 1.39 bits per heavy atom. The van der Waals surface area contributed by atoms with Gasteiger partial charge in [0.25, 0.3) is 5.91 Å². The first-order valence-corrected chi connectivity index (χ1v) is 13.0. The van der Waals surface area contributed by atoms with E-state index >= 15 is 0 Å². The Morgan fingerprint density at radius 3 is 2.03 bits per heavy atom. The van der Waals surface area contributed by atoms with Crippen LogP contribution in [-0.4, -0.2) is 29.4 Å². The zero-order valence-electron chi connectivity index (χ0n) is 20.7. The normalized spacial score (nSPS) is 11.4. The van der Waals surface area contributed by atoms with Gasteiger partial charge in [0.1, 0.15) is 11.8 Å². The van der Waals surface area contributed by atoms with E-state index in [1.165, 1.54) is 0 Å². The molecule has 4 aromatic rings. The lowest BCUT2D eigenvalue weighted by atomic mass is 10.0. The van der Waals surface area contributed by atoms with Crippen molar-refractivity contribution in [1.29, 1.82) is 0 Å². The van der Waals surface area contributed by atoms with Crippen LogP contribution in [0.3, 0.4) is 0 Å². The molecule has 194 valence electrons. The zero-order chi connectivity index (χ0) is 26.7. The van der Waals surface area contributed by atoms with E-state index in [0.717, 1.165) is 16.7 Å². The van der Waals surface area contributed by atoms with Crippen LogP contribution in [0, 0.1) is 0 Å². The van der Waals surface area contributed by atoms with Crippen molar-refractivity contribution < 1.29 is 14.3 Å². The van der Waals surface area contributed by atoms with Gasteiger partial charge in [0.15, 0.2) is 6.61 Å². The average molecular weight is 547 g/mol. The van der Waals surface area contributed by atoms with Crippen molar-refractivity contribution in [1.82, 2.24) is 10.2 Å². The fraction of sp³-hybridized carbons (Fsp3) is 0.161. The molecule has 0 bridgehead atoms. The molecule has 0 radical (unpaired) electrons. The molecule has 0 unspecified atom stereocenters. The molecule has 2 amide bonds. The maximum atomic E-state index is 13.7. The van der Waals surface area contributed by atoms with Gasteiger partial charge in [-0.3, -0.25) is 9.59 Å². The van der Waals surface area contributed by atoms with Crippen LogP contribution in [0.4, 0.5) is 0 Å². The number of hydrogen-bond donors (Lipinski definition) is 1. The molecule has 1 atom stereocenters. The zero-order valence-corrected chi connectivity index (χ0v) is 22.2. The van der Waals surface area contributed by atoms with Gasteiger partial charge in [0.05, 0.1) is 0 Å². The fourth-order valence-corrected chi connectivity index (χ4v) is 4.52. The molecule has 0 heterocycles. The van der Waals surface area contributed by atoms with E-state index in [1.807, 2.05) is 78.9 Å². The standard InChI is InChI=1S/C31H28Cl2N2O3/c32-26-17-16-25(28(33)19-26)20-34-31(37)29(18-23-10-4-1-5-11-23)35(21-24-12-6-2-7-13-24)30(36)22-38-27-14-8-3-9-15-27/h1-17,19,29H,18,20-22H2,(H,34,37)/t29-/m0/s1. The number of halogens is 2. The Morgan fingerprint density at radius 1 is 0.789 bits per heavy atom. The average Bonchev–Trinajstić information content (AvgIpc) is 2.94. The van der Waals surface area contributed by atoms with Crippen molar-refractivity contribution in [2.45, 2.75) is 25.6 Å². The maximum Gasteiger partial charge on any atom is 0.261 e. The quantitative estimate of drug-likeness (QED) is 0.239. The van der Waals surface area contributed by atoms with E-state index in [2.05, 4.69) is 5.32 Å². The largest absolute Gasteiger partial charge is 0.484 e. The van der Waals surface area contributed by atoms with Gasteiger partial charge in [-0.2, -0.15) is 0 Å². The molecular weight excluding hydrogens is 519 g/mol. The number of hydrogen-bond acceptors (Lipinski definition) is 3. The van der Waals surface area contributed by atoms with E-state index in [1.54, 1.807) is 35.2 Å². The van der Waals surface area contributed by atoms with E-state index in [-0.39, 0.29) is 31.5 Å². The number of benzene rings is 4. The van der Waals surface area contributed by atoms with Crippen LogP contribution in [0.1, 0.15) is 16.7 Å². The van der Waals surface area contributed by atoms with Crippen LogP contribution in [0.5, 0.6) is 5.75 Å². The van der Waals surface area contributed by atoms with Crippen LogP contribution in [0.15, 0.2) is 109 Å². The monoisotopic (exact) mass is 546 g/mol. The summed E-state index contributed by atoms with van der Waals surface area (Å²) in [5.41, 5.74) is 2.58. The predicted octanol–water partition coefficient (Wildman–Crippen LogP) is 6.33. The van der Waals surface area contributed by atoms with Gasteiger partial charge < -0.3 is 15.0 Å². The molecular formula is C31H28Cl2N2O3. The van der Waals surface area contributed by atoms with Crippen LogP contribution >= 0.6 is 23.2 Å². The first-order chi connectivity index (χ1) is 18.5. The van der Waals surface area contributed by atoms with Crippen LogP contribution < -0.4 is 10.1 Å². The molecule has 0 aliphatic heterocycles. The molecule has 0 aliphatic carbocycles. The number of nitrogens with one attached hydrogen (secondary N) is 1. The maximum absolute atomic E-state index is 13.7. The van der Waals surface area contributed by atoms with Gasteiger partial charge in [-0.15, -0.1) is 0 Å². The summed E-state index contributed by atoms with van der Waals surface area (Å²) in [6.07, 6.45) is 0.338. The van der Waals surface area contributed by atoms with E-state index < -0.39 is 6.04 Å². The number of ether oxygens (including phenoxy) is 1. The number of amides is 2. The summed E-state index contributed by atoms with van der Waals surface area (Å²) in [6.45, 7) is 0.261. The number of nitrogens with zero attached hydrogens (tertiary/aromatic N) is 1. The van der Waals surface area contributed by atoms with Crippen molar-refractivity contribution in [2.24, 2.45) is 0 Å². The molecule has 0 aromatic heterocycles. The van der Waals surface area contributed by atoms with Crippen molar-refractivity contribution in [3.8, 4) is 5.75 Å². The van der Waals surface area contributed by atoms with Crippen LogP contribution in [-0.2, 0) is 29.1 Å². The molecule has 0 saturated heterocycles. The summed E-state index contributed by atoms with van der Waals surface area (Å²) in [5.74, 6) is 0.00382. The highest BCUT2D eigenvalue weighted by Gasteiger charge is 2.30. The Bertz CT molecular complexity index is 1340. The van der Waals surface area contributed by atoms with Gasteiger partial charge in [-0.05, 0) is 41.0 Å². The molecule has 38 heavy (non-hydrogen) atoms. The molecule has 1 N–H and O–H groups in total. The Hall–Kier alpha value is -3.80. The fourth-order valence-electron chi connectivity index (χ4n) is 4.04. The number of carbonyl (C=O) groups excluding carboxylic acids is 2. The minimum atomic E-state index is -0.782. The summed E-state index contributed by atoms with van der Waals surface area (Å²) in [7, 11) is 0. The summed E-state index contributed by atoms with van der Waals surface area (Å²) < 4.78 is 5.77. The summed E-state index contributed by atoms with van der Waals surface area (Å²) in [5, 5.41) is 3.96. The highest BCUT2D eigenvalue weighted by Crippen LogP contribution is 2.21. The van der Waals surface area contributed by atoms with Crippen molar-refractivity contribution in [2.75, 3.05) is 6.61 Å². The third-order valence-corrected chi connectivity index (χ3v) is 6.63. The summed E-state index contributed by atoms with van der Waals surface area (Å²) in [4.78, 5) is 28.9. The highest BCUT2D eigenvalue weighted by molar-refractivity contribution is 6.35. The molecule has 4 rings (SSSR count). The number of para-hydroxylation sites is 1. The van der Waals surface area contributed by atoms with Crippen LogP contribution in [0.25, 0.3) is 0 Å². The summed E-state index contributed by atoms with van der Waals surface area (Å²) >= 11 is 12.3. The van der Waals surface area contributed by atoms with E-state index in [9.17, 15) is 9.59 Å². The minimum Gasteiger partial charge on any atom is -0.484 e. The molecule has 0 aliphatic rings.